The predicted octanol–water partition coefficient (Wildman–Crippen LogP) is 2.25. The lowest BCUT2D eigenvalue weighted by Crippen LogP contribution is -2.55. The quantitative estimate of drug-likeness (QED) is 0.253. The third kappa shape index (κ3) is 4.53. The van der Waals surface area contributed by atoms with Crippen LogP contribution in [0.15, 0.2) is 45.3 Å². The van der Waals surface area contributed by atoms with Gasteiger partial charge in [-0.15, -0.1) is 0 Å². The first-order valence-electron chi connectivity index (χ1n) is 9.60. The fourth-order valence-corrected chi connectivity index (χ4v) is 4.63. The molecule has 12 heteroatoms. The van der Waals surface area contributed by atoms with Crippen LogP contribution in [0.25, 0.3) is 11.0 Å². The summed E-state index contributed by atoms with van der Waals surface area (Å²) in [5.41, 5.74) is 1.94. The molecule has 3 aromatic rings. The first-order chi connectivity index (χ1) is 15.3. The number of rotatable bonds is 4. The van der Waals surface area contributed by atoms with E-state index in [1.807, 2.05) is 0 Å². The van der Waals surface area contributed by atoms with Crippen LogP contribution in [-0.2, 0) is 4.74 Å². The van der Waals surface area contributed by atoms with Gasteiger partial charge in [0.25, 0.3) is 0 Å². The lowest BCUT2D eigenvalue weighted by Gasteiger charge is -2.39. The van der Waals surface area contributed by atoms with Crippen LogP contribution in [0.2, 0.25) is 0 Å². The predicted molar refractivity (Wildman–Crippen MR) is 123 cm³/mol. The average molecular weight is 572 g/mol. The summed E-state index contributed by atoms with van der Waals surface area (Å²) in [5, 5.41) is 45.3. The molecule has 0 unspecified atom stereocenters. The van der Waals surface area contributed by atoms with Crippen molar-refractivity contribution in [2.24, 2.45) is 0 Å². The summed E-state index contributed by atoms with van der Waals surface area (Å²) in [5.74, 6) is 0.183. The number of nitrogens with zero attached hydrogens (tertiary/aromatic N) is 1. The van der Waals surface area contributed by atoms with Gasteiger partial charge in [0.15, 0.2) is 0 Å². The molecule has 7 N–H and O–H groups in total. The number of aromatic nitrogens is 2. The largest absolute Gasteiger partial charge is 0.394 e. The minimum absolute atomic E-state index is 0.183. The molecule has 5 atom stereocenters. The zero-order valence-corrected chi connectivity index (χ0v) is 19.5. The highest BCUT2D eigenvalue weighted by Gasteiger charge is 2.45. The highest BCUT2D eigenvalue weighted by atomic mass is 79.9. The minimum Gasteiger partial charge on any atom is -0.394 e. The first-order valence-corrected chi connectivity index (χ1v) is 11.2. The Bertz CT molecular complexity index is 1140. The molecule has 32 heavy (non-hydrogen) atoms. The van der Waals surface area contributed by atoms with E-state index in [1.165, 1.54) is 0 Å². The van der Waals surface area contributed by atoms with Gasteiger partial charge in [-0.3, -0.25) is 0 Å². The molecule has 4 rings (SSSR count). The SMILES string of the molecule is O=C(Nc1ccc(Br)cc1Br)Nc1cccc2[nH]c([C@@H]3O[C@H](CO)[C@@H](O)[C@H](O)[C@H]3O)nc12. The molecule has 0 bridgehead atoms. The summed E-state index contributed by atoms with van der Waals surface area (Å²) in [6, 6.07) is 9.94. The molecule has 2 aromatic carbocycles. The van der Waals surface area contributed by atoms with E-state index in [2.05, 4.69) is 52.5 Å². The highest BCUT2D eigenvalue weighted by Crippen LogP contribution is 2.33. The molecule has 0 aliphatic carbocycles. The maximum Gasteiger partial charge on any atom is 0.323 e. The molecule has 170 valence electrons. The van der Waals surface area contributed by atoms with Crippen molar-refractivity contribution in [3.05, 3.63) is 51.2 Å². The minimum atomic E-state index is -1.52. The Labute approximate surface area is 198 Å². The number of urea groups is 1. The Kier molecular flexibility index (Phi) is 6.81. The van der Waals surface area contributed by atoms with Gasteiger partial charge in [0.1, 0.15) is 41.9 Å². The van der Waals surface area contributed by atoms with E-state index in [0.29, 0.717) is 26.9 Å². The van der Waals surface area contributed by atoms with Gasteiger partial charge in [0.05, 0.1) is 23.5 Å². The molecule has 1 aromatic heterocycles. The number of fused-ring (bicyclic) bond motifs is 1. The van der Waals surface area contributed by atoms with Gasteiger partial charge in [-0.05, 0) is 46.3 Å². The van der Waals surface area contributed by atoms with Crippen molar-refractivity contribution in [1.29, 1.82) is 0 Å². The monoisotopic (exact) mass is 570 g/mol. The Morgan fingerprint density at radius 3 is 2.53 bits per heavy atom. The molecule has 1 fully saturated rings. The number of halogens is 2. The number of hydrogen-bond acceptors (Lipinski definition) is 7. The number of carbonyl (C=O) groups is 1. The third-order valence-corrected chi connectivity index (χ3v) is 6.27. The number of H-pyrrole nitrogens is 1. The molecule has 2 heterocycles. The molecule has 2 amide bonds. The van der Waals surface area contributed by atoms with E-state index < -0.39 is 43.2 Å². The zero-order chi connectivity index (χ0) is 23.0. The van der Waals surface area contributed by atoms with Crippen LogP contribution in [0.5, 0.6) is 0 Å². The zero-order valence-electron chi connectivity index (χ0n) is 16.4. The first kappa shape index (κ1) is 23.1. The second-order valence-electron chi connectivity index (χ2n) is 7.28. The Morgan fingerprint density at radius 2 is 1.81 bits per heavy atom. The number of hydrogen-bond donors (Lipinski definition) is 7. The maximum atomic E-state index is 12.5. The standard InChI is InChI=1S/C20H20Br2N4O6/c21-8-4-5-10(9(22)6-8)24-20(31)25-12-3-1-2-11-14(12)26-19(23-11)18-17(30)16(29)15(28)13(7-27)32-18/h1-6,13,15-18,27-30H,7H2,(H,23,26)(H2,24,25,31)/t13-,15-,16+,17-,18-/m1/s1. The van der Waals surface area contributed by atoms with E-state index in [1.54, 1.807) is 36.4 Å². The number of aliphatic hydroxyl groups excluding tert-OH is 4. The average Bonchev–Trinajstić information content (AvgIpc) is 3.19. The van der Waals surface area contributed by atoms with Gasteiger partial charge >= 0.3 is 6.03 Å². The number of aliphatic hydroxyl groups is 4. The van der Waals surface area contributed by atoms with Crippen molar-refractivity contribution in [3.63, 3.8) is 0 Å². The topological polar surface area (TPSA) is 160 Å². The van der Waals surface area contributed by atoms with E-state index >= 15 is 0 Å². The third-order valence-electron chi connectivity index (χ3n) is 5.12. The number of nitrogens with one attached hydrogen (secondary N) is 3. The summed E-state index contributed by atoms with van der Waals surface area (Å²) in [6.45, 7) is -0.541. The summed E-state index contributed by atoms with van der Waals surface area (Å²) in [7, 11) is 0. The molecule has 0 radical (unpaired) electrons. The second kappa shape index (κ2) is 9.43. The summed E-state index contributed by atoms with van der Waals surface area (Å²) >= 11 is 6.75. The van der Waals surface area contributed by atoms with E-state index in [9.17, 15) is 25.2 Å². The Morgan fingerprint density at radius 1 is 1.06 bits per heavy atom. The van der Waals surface area contributed by atoms with Gasteiger partial charge in [0.2, 0.25) is 0 Å². The molecular formula is C20H20Br2N4O6. The number of aromatic amines is 1. The van der Waals surface area contributed by atoms with Crippen LogP contribution in [0.4, 0.5) is 16.2 Å². The smallest absolute Gasteiger partial charge is 0.323 e. The molecule has 0 spiro atoms. The van der Waals surface area contributed by atoms with Crippen molar-refractivity contribution in [1.82, 2.24) is 9.97 Å². The van der Waals surface area contributed by atoms with E-state index in [-0.39, 0.29) is 5.82 Å². The number of para-hydroxylation sites is 1. The van der Waals surface area contributed by atoms with Crippen LogP contribution in [0.1, 0.15) is 11.9 Å². The number of carbonyl (C=O) groups excluding carboxylic acids is 1. The van der Waals surface area contributed by atoms with Gasteiger partial charge in [-0.25, -0.2) is 9.78 Å². The number of benzene rings is 2. The molecular weight excluding hydrogens is 552 g/mol. The molecule has 1 aliphatic heterocycles. The lowest BCUT2D eigenvalue weighted by molar-refractivity contribution is -0.233. The van der Waals surface area contributed by atoms with Gasteiger partial charge < -0.3 is 40.8 Å². The van der Waals surface area contributed by atoms with Gasteiger partial charge in [-0.2, -0.15) is 0 Å². The van der Waals surface area contributed by atoms with Crippen molar-refractivity contribution < 1.29 is 30.0 Å². The second-order valence-corrected chi connectivity index (χ2v) is 9.05. The Hall–Kier alpha value is -2.06. The molecule has 0 saturated carbocycles. The van der Waals surface area contributed by atoms with Crippen molar-refractivity contribution in [2.45, 2.75) is 30.5 Å². The van der Waals surface area contributed by atoms with Gasteiger partial charge in [0, 0.05) is 8.95 Å². The maximum absolute atomic E-state index is 12.5. The lowest BCUT2D eigenvalue weighted by atomic mass is 9.95. The summed E-state index contributed by atoms with van der Waals surface area (Å²) < 4.78 is 7.11. The van der Waals surface area contributed by atoms with Crippen molar-refractivity contribution >= 4 is 60.3 Å². The number of anilines is 2. The van der Waals surface area contributed by atoms with Crippen molar-refractivity contribution in [3.8, 4) is 0 Å². The van der Waals surface area contributed by atoms with Crippen LogP contribution in [0.3, 0.4) is 0 Å². The van der Waals surface area contributed by atoms with E-state index in [0.717, 1.165) is 4.47 Å². The normalized spacial score (nSPS) is 25.6. The van der Waals surface area contributed by atoms with E-state index in [4.69, 9.17) is 4.74 Å². The number of imidazole rings is 1. The Balaban J connectivity index is 1.57. The van der Waals surface area contributed by atoms with Crippen LogP contribution in [-0.4, -0.2) is 67.4 Å². The van der Waals surface area contributed by atoms with Crippen LogP contribution < -0.4 is 10.6 Å². The number of ether oxygens (including phenoxy) is 1. The fourth-order valence-electron chi connectivity index (χ4n) is 3.48. The van der Waals surface area contributed by atoms with Crippen molar-refractivity contribution in [2.75, 3.05) is 17.2 Å². The molecule has 10 nitrogen and oxygen atoms in total. The van der Waals surface area contributed by atoms with Crippen LogP contribution in [0, 0.1) is 0 Å². The fraction of sp³-hybridized carbons (Fsp3) is 0.300. The summed E-state index contributed by atoms with van der Waals surface area (Å²) in [6.07, 6.45) is -6.62. The highest BCUT2D eigenvalue weighted by molar-refractivity contribution is 9.11. The van der Waals surface area contributed by atoms with Crippen LogP contribution >= 0.6 is 31.9 Å². The van der Waals surface area contributed by atoms with Gasteiger partial charge in [-0.1, -0.05) is 22.0 Å². The molecule has 1 aliphatic rings. The molecule has 1 saturated heterocycles. The summed E-state index contributed by atoms with van der Waals surface area (Å²) in [4.78, 5) is 20.0. The number of amides is 2.